The molecule has 0 saturated carbocycles. The third kappa shape index (κ3) is 4.15. The van der Waals surface area contributed by atoms with Gasteiger partial charge in [0.1, 0.15) is 0 Å². The quantitative estimate of drug-likeness (QED) is 0.858. The van der Waals surface area contributed by atoms with Gasteiger partial charge in [-0.3, -0.25) is 0 Å². The molecule has 126 valence electrons. The van der Waals surface area contributed by atoms with E-state index in [0.717, 1.165) is 50.9 Å². The number of nitrogens with one attached hydrogen (secondary N) is 1. The summed E-state index contributed by atoms with van der Waals surface area (Å²) in [5.41, 5.74) is 4.03. The Morgan fingerprint density at radius 3 is 2.74 bits per heavy atom. The second kappa shape index (κ2) is 7.49. The molecule has 0 radical (unpaired) electrons. The van der Waals surface area contributed by atoms with Crippen molar-refractivity contribution in [2.24, 2.45) is 0 Å². The number of hydrogen-bond acceptors (Lipinski definition) is 3. The van der Waals surface area contributed by atoms with Crippen LogP contribution in [0.5, 0.6) is 0 Å². The lowest BCUT2D eigenvalue weighted by atomic mass is 10.1. The van der Waals surface area contributed by atoms with Gasteiger partial charge in [0.05, 0.1) is 6.10 Å². The monoisotopic (exact) mass is 333 g/mol. The van der Waals surface area contributed by atoms with Gasteiger partial charge < -0.3 is 19.9 Å². The number of aryl methyl sites for hydroxylation is 2. The molecule has 1 aromatic rings. The van der Waals surface area contributed by atoms with Crippen LogP contribution in [-0.4, -0.2) is 55.4 Å². The van der Waals surface area contributed by atoms with Crippen molar-refractivity contribution in [2.45, 2.75) is 32.8 Å². The fraction of sp³-hybridized carbons (Fsp3) is 0.611. The summed E-state index contributed by atoms with van der Waals surface area (Å²) in [6.07, 6.45) is 2.66. The molecule has 0 aromatic heterocycles. The number of rotatable bonds is 3. The molecule has 1 atom stereocenters. The zero-order valence-electron chi connectivity index (χ0n) is 14.2. The minimum absolute atomic E-state index is 0.337. The van der Waals surface area contributed by atoms with Crippen molar-refractivity contribution in [3.63, 3.8) is 0 Å². The number of ether oxygens (including phenoxy) is 1. The lowest BCUT2D eigenvalue weighted by Crippen LogP contribution is -2.52. The first-order valence-electron chi connectivity index (χ1n) is 8.60. The van der Waals surface area contributed by atoms with Crippen LogP contribution in [0.3, 0.4) is 0 Å². The summed E-state index contributed by atoms with van der Waals surface area (Å²) in [6, 6.07) is 6.68. The van der Waals surface area contributed by atoms with E-state index in [0.29, 0.717) is 6.10 Å². The van der Waals surface area contributed by atoms with Crippen LogP contribution in [0.15, 0.2) is 18.2 Å². The van der Waals surface area contributed by atoms with Gasteiger partial charge in [0.15, 0.2) is 5.11 Å². The van der Waals surface area contributed by atoms with E-state index in [-0.39, 0.29) is 0 Å². The lowest BCUT2D eigenvalue weighted by molar-refractivity contribution is 0.113. The normalized spacial score (nSPS) is 21.6. The Kier molecular flexibility index (Phi) is 5.38. The molecule has 2 aliphatic heterocycles. The number of piperazine rings is 1. The average molecular weight is 334 g/mol. The molecule has 2 fully saturated rings. The van der Waals surface area contributed by atoms with Gasteiger partial charge in [-0.25, -0.2) is 0 Å². The molecule has 23 heavy (non-hydrogen) atoms. The van der Waals surface area contributed by atoms with Gasteiger partial charge in [0.25, 0.3) is 0 Å². The first-order valence-corrected chi connectivity index (χ1v) is 9.01. The van der Waals surface area contributed by atoms with Crippen molar-refractivity contribution in [3.8, 4) is 0 Å². The minimum Gasteiger partial charge on any atom is -0.376 e. The van der Waals surface area contributed by atoms with Crippen molar-refractivity contribution < 1.29 is 4.74 Å². The smallest absolute Gasteiger partial charge is 0.169 e. The molecule has 0 unspecified atom stereocenters. The largest absolute Gasteiger partial charge is 0.376 e. The summed E-state index contributed by atoms with van der Waals surface area (Å²) >= 11 is 5.55. The molecule has 1 aromatic carbocycles. The molecular formula is C18H27N3OS. The van der Waals surface area contributed by atoms with Gasteiger partial charge in [0.2, 0.25) is 0 Å². The molecule has 2 saturated heterocycles. The van der Waals surface area contributed by atoms with Crippen LogP contribution in [0.2, 0.25) is 0 Å². The Labute approximate surface area is 144 Å². The van der Waals surface area contributed by atoms with Crippen molar-refractivity contribution >= 4 is 23.0 Å². The zero-order valence-corrected chi connectivity index (χ0v) is 15.0. The van der Waals surface area contributed by atoms with E-state index in [4.69, 9.17) is 17.0 Å². The summed E-state index contributed by atoms with van der Waals surface area (Å²) in [5, 5.41) is 4.26. The minimum atomic E-state index is 0.337. The Bertz CT molecular complexity index is 549. The number of hydrogen-bond donors (Lipinski definition) is 1. The maximum Gasteiger partial charge on any atom is 0.169 e. The molecule has 2 aliphatic rings. The number of benzene rings is 1. The predicted molar refractivity (Wildman–Crippen MR) is 99.3 cm³/mol. The fourth-order valence-electron chi connectivity index (χ4n) is 3.33. The molecule has 0 spiro atoms. The maximum atomic E-state index is 5.64. The van der Waals surface area contributed by atoms with Gasteiger partial charge in [-0.05, 0) is 56.1 Å². The standard InChI is InChI=1S/C18H27N3OS/c1-14-5-6-15(2)17(12-14)20-7-9-21(10-8-20)18(23)19-13-16-4-3-11-22-16/h5-6,12,16H,3-4,7-11,13H2,1-2H3,(H,19,23)/t16-/m1/s1. The van der Waals surface area contributed by atoms with Gasteiger partial charge in [0, 0.05) is 45.0 Å². The van der Waals surface area contributed by atoms with Gasteiger partial charge >= 0.3 is 0 Å². The first kappa shape index (κ1) is 16.5. The van der Waals surface area contributed by atoms with E-state index >= 15 is 0 Å². The third-order valence-corrected chi connectivity index (χ3v) is 5.18. The Morgan fingerprint density at radius 2 is 2.04 bits per heavy atom. The molecule has 4 nitrogen and oxygen atoms in total. The van der Waals surface area contributed by atoms with Gasteiger partial charge in [-0.2, -0.15) is 0 Å². The number of anilines is 1. The van der Waals surface area contributed by atoms with Crippen LogP contribution in [0, 0.1) is 13.8 Å². The third-order valence-electron chi connectivity index (χ3n) is 4.78. The first-order chi connectivity index (χ1) is 11.1. The van der Waals surface area contributed by atoms with E-state index < -0.39 is 0 Å². The highest BCUT2D eigenvalue weighted by Crippen LogP contribution is 2.22. The Hall–Kier alpha value is -1.33. The summed E-state index contributed by atoms with van der Waals surface area (Å²) in [4.78, 5) is 4.76. The topological polar surface area (TPSA) is 27.7 Å². The average Bonchev–Trinajstić information content (AvgIpc) is 3.08. The second-order valence-corrected chi connectivity index (χ2v) is 6.97. The van der Waals surface area contributed by atoms with E-state index in [1.807, 2.05) is 0 Å². The zero-order chi connectivity index (χ0) is 16.2. The fourth-order valence-corrected chi connectivity index (χ4v) is 3.59. The molecule has 0 aliphatic carbocycles. The summed E-state index contributed by atoms with van der Waals surface area (Å²) < 4.78 is 5.64. The molecule has 0 bridgehead atoms. The Morgan fingerprint density at radius 1 is 1.26 bits per heavy atom. The highest BCUT2D eigenvalue weighted by molar-refractivity contribution is 7.80. The molecule has 2 heterocycles. The summed E-state index contributed by atoms with van der Waals surface area (Å²) in [7, 11) is 0. The van der Waals surface area contributed by atoms with E-state index in [9.17, 15) is 0 Å². The summed E-state index contributed by atoms with van der Waals surface area (Å²) in [6.45, 7) is 10.1. The van der Waals surface area contributed by atoms with E-state index in [1.54, 1.807) is 0 Å². The molecule has 5 heteroatoms. The van der Waals surface area contributed by atoms with Crippen molar-refractivity contribution in [3.05, 3.63) is 29.3 Å². The van der Waals surface area contributed by atoms with Crippen LogP contribution in [0.25, 0.3) is 0 Å². The van der Waals surface area contributed by atoms with Crippen LogP contribution < -0.4 is 10.2 Å². The maximum absolute atomic E-state index is 5.64. The Balaban J connectivity index is 1.49. The van der Waals surface area contributed by atoms with Crippen molar-refractivity contribution in [2.75, 3.05) is 44.2 Å². The molecule has 0 amide bonds. The van der Waals surface area contributed by atoms with E-state index in [2.05, 4.69) is 47.2 Å². The number of nitrogens with zero attached hydrogens (tertiary/aromatic N) is 2. The molecule has 3 rings (SSSR count). The molecule has 1 N–H and O–H groups in total. The highest BCUT2D eigenvalue weighted by atomic mass is 32.1. The second-order valence-electron chi connectivity index (χ2n) is 6.59. The van der Waals surface area contributed by atoms with Gasteiger partial charge in [-0.1, -0.05) is 12.1 Å². The molecular weight excluding hydrogens is 306 g/mol. The SMILES string of the molecule is Cc1ccc(C)c(N2CCN(C(=S)NC[C@H]3CCCO3)CC2)c1. The lowest BCUT2D eigenvalue weighted by Gasteiger charge is -2.38. The van der Waals surface area contributed by atoms with Crippen LogP contribution in [0.4, 0.5) is 5.69 Å². The van der Waals surface area contributed by atoms with Crippen molar-refractivity contribution in [1.82, 2.24) is 10.2 Å². The van der Waals surface area contributed by atoms with Crippen LogP contribution in [-0.2, 0) is 4.74 Å². The van der Waals surface area contributed by atoms with E-state index in [1.165, 1.54) is 23.2 Å². The van der Waals surface area contributed by atoms with Gasteiger partial charge in [-0.15, -0.1) is 0 Å². The van der Waals surface area contributed by atoms with Crippen LogP contribution >= 0.6 is 12.2 Å². The number of thiocarbonyl (C=S) groups is 1. The summed E-state index contributed by atoms with van der Waals surface area (Å²) in [5.74, 6) is 0. The van der Waals surface area contributed by atoms with Crippen molar-refractivity contribution in [1.29, 1.82) is 0 Å². The highest BCUT2D eigenvalue weighted by Gasteiger charge is 2.21. The predicted octanol–water partition coefficient (Wildman–Crippen LogP) is 2.48. The van der Waals surface area contributed by atoms with Crippen LogP contribution in [0.1, 0.15) is 24.0 Å².